The van der Waals surface area contributed by atoms with Crippen LogP contribution in [0.1, 0.15) is 18.1 Å². The highest BCUT2D eigenvalue weighted by molar-refractivity contribution is 7.90. The van der Waals surface area contributed by atoms with Gasteiger partial charge in [-0.05, 0) is 37.6 Å². The molecule has 23 heavy (non-hydrogen) atoms. The van der Waals surface area contributed by atoms with Crippen LogP contribution in [0, 0.1) is 6.92 Å². The molecule has 0 radical (unpaired) electrons. The number of aryl methyl sites for hydroxylation is 1. The first kappa shape index (κ1) is 16.8. The Bertz CT molecular complexity index is 840. The monoisotopic (exact) mass is 330 g/mol. The van der Waals surface area contributed by atoms with Gasteiger partial charge in [-0.3, -0.25) is 0 Å². The lowest BCUT2D eigenvalue weighted by atomic mass is 10.1. The zero-order valence-corrected chi connectivity index (χ0v) is 13.8. The maximum absolute atomic E-state index is 12.2. The predicted octanol–water partition coefficient (Wildman–Crippen LogP) is 3.54. The van der Waals surface area contributed by atoms with Gasteiger partial charge in [0.05, 0.1) is 4.90 Å². The summed E-state index contributed by atoms with van der Waals surface area (Å²) in [6, 6.07) is 12.5. The van der Waals surface area contributed by atoms with Gasteiger partial charge in [0, 0.05) is 11.3 Å². The molecule has 0 atom stereocenters. The largest absolute Gasteiger partial charge is 0.333 e. The molecule has 0 aliphatic heterocycles. The van der Waals surface area contributed by atoms with E-state index < -0.39 is 16.1 Å². The molecule has 6 heteroatoms. The Kier molecular flexibility index (Phi) is 4.86. The maximum atomic E-state index is 12.2. The van der Waals surface area contributed by atoms with Crippen molar-refractivity contribution in [2.24, 2.45) is 0 Å². The zero-order valence-electron chi connectivity index (χ0n) is 13.0. The summed E-state index contributed by atoms with van der Waals surface area (Å²) in [4.78, 5) is 12.0. The average molecular weight is 330 g/mol. The number of urea groups is 1. The number of benzene rings is 2. The highest BCUT2D eigenvalue weighted by Crippen LogP contribution is 2.22. The zero-order chi connectivity index (χ0) is 17.0. The Hall–Kier alpha value is -2.60. The van der Waals surface area contributed by atoms with E-state index in [4.69, 9.17) is 0 Å². The van der Waals surface area contributed by atoms with E-state index in [2.05, 4.69) is 11.9 Å². The standard InChI is InChI=1S/C17H18N2O3S/c1-12(2)15-6-4-5-7-16(15)18-17(20)19-23(21,22)14-10-8-13(3)9-11-14/h4-11H,1H2,2-3H3,(H2,18,19,20). The number of para-hydroxylation sites is 1. The van der Waals surface area contributed by atoms with Crippen molar-refractivity contribution >= 4 is 27.3 Å². The normalized spacial score (nSPS) is 10.9. The summed E-state index contributed by atoms with van der Waals surface area (Å²) in [5, 5.41) is 2.54. The number of carbonyl (C=O) groups excluding carboxylic acids is 1. The van der Waals surface area contributed by atoms with Crippen molar-refractivity contribution < 1.29 is 13.2 Å². The van der Waals surface area contributed by atoms with Gasteiger partial charge in [-0.2, -0.15) is 0 Å². The second-order valence-electron chi connectivity index (χ2n) is 5.20. The fraction of sp³-hybridized carbons (Fsp3) is 0.118. The molecule has 0 bridgehead atoms. The first-order valence-electron chi connectivity index (χ1n) is 6.95. The van der Waals surface area contributed by atoms with Crippen LogP contribution in [0.3, 0.4) is 0 Å². The van der Waals surface area contributed by atoms with Crippen LogP contribution in [0.25, 0.3) is 5.57 Å². The van der Waals surface area contributed by atoms with Gasteiger partial charge >= 0.3 is 6.03 Å². The molecule has 0 saturated carbocycles. The van der Waals surface area contributed by atoms with Crippen molar-refractivity contribution in [3.05, 3.63) is 66.2 Å². The topological polar surface area (TPSA) is 75.3 Å². The molecule has 120 valence electrons. The van der Waals surface area contributed by atoms with Crippen LogP contribution in [-0.2, 0) is 10.0 Å². The quantitative estimate of drug-likeness (QED) is 0.900. The molecule has 0 aliphatic carbocycles. The van der Waals surface area contributed by atoms with E-state index >= 15 is 0 Å². The smallest absolute Gasteiger partial charge is 0.307 e. The summed E-state index contributed by atoms with van der Waals surface area (Å²) >= 11 is 0. The van der Waals surface area contributed by atoms with Gasteiger partial charge in [0.25, 0.3) is 10.0 Å². The van der Waals surface area contributed by atoms with Crippen molar-refractivity contribution in [1.29, 1.82) is 0 Å². The fourth-order valence-corrected chi connectivity index (χ4v) is 2.92. The molecule has 0 aromatic heterocycles. The lowest BCUT2D eigenvalue weighted by Gasteiger charge is -2.12. The van der Waals surface area contributed by atoms with E-state index in [-0.39, 0.29) is 4.90 Å². The minimum Gasteiger partial charge on any atom is -0.307 e. The van der Waals surface area contributed by atoms with E-state index in [1.807, 2.05) is 24.6 Å². The number of sulfonamides is 1. The molecule has 2 aromatic carbocycles. The number of anilines is 1. The Morgan fingerprint density at radius 1 is 1.04 bits per heavy atom. The van der Waals surface area contributed by atoms with Gasteiger partial charge in [0.1, 0.15) is 0 Å². The SMILES string of the molecule is C=C(C)c1ccccc1NC(=O)NS(=O)(=O)c1ccc(C)cc1. The number of hydrogen-bond acceptors (Lipinski definition) is 3. The molecular weight excluding hydrogens is 312 g/mol. The summed E-state index contributed by atoms with van der Waals surface area (Å²) in [5.74, 6) is 0. The van der Waals surface area contributed by atoms with Crippen LogP contribution in [0.5, 0.6) is 0 Å². The predicted molar refractivity (Wildman–Crippen MR) is 91.7 cm³/mol. The van der Waals surface area contributed by atoms with E-state index in [1.165, 1.54) is 12.1 Å². The van der Waals surface area contributed by atoms with Crippen LogP contribution in [0.4, 0.5) is 10.5 Å². The molecule has 0 saturated heterocycles. The van der Waals surface area contributed by atoms with Crippen molar-refractivity contribution in [3.63, 3.8) is 0 Å². The second-order valence-corrected chi connectivity index (χ2v) is 6.88. The highest BCUT2D eigenvalue weighted by Gasteiger charge is 2.18. The molecule has 2 aromatic rings. The Morgan fingerprint density at radius 2 is 1.65 bits per heavy atom. The lowest BCUT2D eigenvalue weighted by molar-refractivity contribution is 0.256. The van der Waals surface area contributed by atoms with Crippen LogP contribution in [0.2, 0.25) is 0 Å². The molecule has 0 fully saturated rings. The van der Waals surface area contributed by atoms with E-state index in [0.29, 0.717) is 5.69 Å². The Labute approximate surface area is 136 Å². The van der Waals surface area contributed by atoms with Gasteiger partial charge in [-0.1, -0.05) is 42.5 Å². The molecule has 0 unspecified atom stereocenters. The Balaban J connectivity index is 2.16. The van der Waals surface area contributed by atoms with Gasteiger partial charge in [0.15, 0.2) is 0 Å². The van der Waals surface area contributed by atoms with Crippen molar-refractivity contribution in [2.75, 3.05) is 5.32 Å². The average Bonchev–Trinajstić information content (AvgIpc) is 2.47. The van der Waals surface area contributed by atoms with Crippen molar-refractivity contribution in [3.8, 4) is 0 Å². The van der Waals surface area contributed by atoms with Crippen LogP contribution in [-0.4, -0.2) is 14.4 Å². The minimum absolute atomic E-state index is 0.0337. The molecule has 0 spiro atoms. The molecule has 0 heterocycles. The molecule has 2 rings (SSSR count). The number of carbonyl (C=O) groups is 1. The first-order valence-corrected chi connectivity index (χ1v) is 8.43. The van der Waals surface area contributed by atoms with Gasteiger partial charge in [-0.15, -0.1) is 0 Å². The summed E-state index contributed by atoms with van der Waals surface area (Å²) in [6.07, 6.45) is 0. The maximum Gasteiger partial charge on any atom is 0.333 e. The highest BCUT2D eigenvalue weighted by atomic mass is 32.2. The van der Waals surface area contributed by atoms with Crippen molar-refractivity contribution in [2.45, 2.75) is 18.7 Å². The molecular formula is C17H18N2O3S. The number of nitrogens with one attached hydrogen (secondary N) is 2. The number of hydrogen-bond donors (Lipinski definition) is 2. The number of rotatable bonds is 4. The summed E-state index contributed by atoms with van der Waals surface area (Å²) in [6.45, 7) is 7.49. The summed E-state index contributed by atoms with van der Waals surface area (Å²) < 4.78 is 26.3. The van der Waals surface area contributed by atoms with Gasteiger partial charge < -0.3 is 5.32 Å². The molecule has 2 N–H and O–H groups in total. The van der Waals surface area contributed by atoms with Gasteiger partial charge in [0.2, 0.25) is 0 Å². The minimum atomic E-state index is -3.91. The molecule has 2 amide bonds. The summed E-state index contributed by atoms with van der Waals surface area (Å²) in [7, 11) is -3.91. The Morgan fingerprint density at radius 3 is 2.26 bits per heavy atom. The van der Waals surface area contributed by atoms with Crippen LogP contribution >= 0.6 is 0 Å². The fourth-order valence-electron chi connectivity index (χ4n) is 2.01. The third-order valence-electron chi connectivity index (χ3n) is 3.19. The second kappa shape index (κ2) is 6.66. The summed E-state index contributed by atoms with van der Waals surface area (Å²) in [5.41, 5.74) is 2.94. The number of allylic oxidation sites excluding steroid dienone is 1. The molecule has 0 aliphatic rings. The van der Waals surface area contributed by atoms with Crippen LogP contribution < -0.4 is 10.0 Å². The third kappa shape index (κ3) is 4.20. The van der Waals surface area contributed by atoms with E-state index in [9.17, 15) is 13.2 Å². The molecule has 5 nitrogen and oxygen atoms in total. The van der Waals surface area contributed by atoms with E-state index in [0.717, 1.165) is 16.7 Å². The third-order valence-corrected chi connectivity index (χ3v) is 4.54. The lowest BCUT2D eigenvalue weighted by Crippen LogP contribution is -2.34. The van der Waals surface area contributed by atoms with Gasteiger partial charge in [-0.25, -0.2) is 17.9 Å². The van der Waals surface area contributed by atoms with Crippen LogP contribution in [0.15, 0.2) is 60.0 Å². The first-order chi connectivity index (χ1) is 10.8. The number of amides is 2. The van der Waals surface area contributed by atoms with E-state index in [1.54, 1.807) is 30.3 Å². The van der Waals surface area contributed by atoms with Crippen molar-refractivity contribution in [1.82, 2.24) is 4.72 Å².